The summed E-state index contributed by atoms with van der Waals surface area (Å²) >= 11 is 3.01. The van der Waals surface area contributed by atoms with Gasteiger partial charge >= 0.3 is 0 Å². The zero-order chi connectivity index (χ0) is 29.6. The summed E-state index contributed by atoms with van der Waals surface area (Å²) in [6.07, 6.45) is 13.2. The molecule has 2 aromatic carbocycles. The lowest BCUT2D eigenvalue weighted by molar-refractivity contribution is 0.103. The number of thiazole rings is 2. The van der Waals surface area contributed by atoms with Crippen LogP contribution >= 0.6 is 22.7 Å². The van der Waals surface area contributed by atoms with Gasteiger partial charge in [-0.3, -0.25) is 19.6 Å². The third kappa shape index (κ3) is 6.93. The molecule has 3 N–H and O–H groups in total. The Morgan fingerprint density at radius 3 is 1.81 bits per heavy atom. The maximum Gasteiger partial charge on any atom is 0.193 e. The standard InChI is InChI=1S/C20H21N3OS.C13H9N3OS/c24-19(15-8-10-21-11-9-15)16-6-7-17-18(12-16)25-20(23-17)22-13-14-4-2-1-3-5-14;14-13-16-10-2-1-9(7-11(10)18-13)12(17)8-3-5-15-6-4-8/h6-12,14H,1-5,13H2,(H,22,23);1-7H,(H2,14,16). The third-order valence-corrected chi connectivity index (χ3v) is 9.29. The van der Waals surface area contributed by atoms with Gasteiger partial charge in [0.05, 0.1) is 20.4 Å². The van der Waals surface area contributed by atoms with E-state index in [1.165, 1.54) is 43.4 Å². The van der Waals surface area contributed by atoms with Gasteiger partial charge in [0.1, 0.15) is 0 Å². The third-order valence-electron chi connectivity index (χ3n) is 7.47. The van der Waals surface area contributed by atoms with Gasteiger partial charge in [0.2, 0.25) is 0 Å². The molecule has 0 radical (unpaired) electrons. The topological polar surface area (TPSA) is 124 Å². The molecule has 0 unspecified atom stereocenters. The van der Waals surface area contributed by atoms with Gasteiger partial charge in [0.15, 0.2) is 21.8 Å². The first-order chi connectivity index (χ1) is 21.0. The number of pyridine rings is 2. The van der Waals surface area contributed by atoms with E-state index in [0.717, 1.165) is 38.0 Å². The maximum atomic E-state index is 12.6. The molecule has 0 aliphatic heterocycles. The van der Waals surface area contributed by atoms with Gasteiger partial charge in [-0.15, -0.1) is 0 Å². The van der Waals surface area contributed by atoms with E-state index in [1.807, 2.05) is 30.3 Å². The van der Waals surface area contributed by atoms with Crippen LogP contribution in [0.1, 0.15) is 63.9 Å². The van der Waals surface area contributed by atoms with E-state index < -0.39 is 0 Å². The SMILES string of the molecule is Nc1nc2ccc(C(=O)c3ccncc3)cc2s1.O=C(c1ccncc1)c1ccc2nc(NCC3CCCCC3)sc2c1. The predicted octanol–water partition coefficient (Wildman–Crippen LogP) is 7.42. The Morgan fingerprint density at radius 1 is 0.698 bits per heavy atom. The number of carbonyl (C=O) groups is 2. The number of ketones is 2. The molecule has 1 fully saturated rings. The summed E-state index contributed by atoms with van der Waals surface area (Å²) < 4.78 is 1.97. The number of carbonyl (C=O) groups excluding carboxylic acids is 2. The van der Waals surface area contributed by atoms with Crippen molar-refractivity contribution in [3.63, 3.8) is 0 Å². The van der Waals surface area contributed by atoms with E-state index in [-0.39, 0.29) is 11.6 Å². The highest BCUT2D eigenvalue weighted by atomic mass is 32.1. The quantitative estimate of drug-likeness (QED) is 0.180. The Kier molecular flexibility index (Phi) is 8.76. The summed E-state index contributed by atoms with van der Waals surface area (Å²) in [5.74, 6) is 0.769. The lowest BCUT2D eigenvalue weighted by atomic mass is 9.89. The lowest BCUT2D eigenvalue weighted by Crippen LogP contribution is -2.16. The second-order valence-corrected chi connectivity index (χ2v) is 12.5. The number of fused-ring (bicyclic) bond motifs is 2. The Labute approximate surface area is 257 Å². The van der Waals surface area contributed by atoms with Crippen LogP contribution in [0.5, 0.6) is 0 Å². The van der Waals surface area contributed by atoms with Crippen LogP contribution in [0.4, 0.5) is 10.3 Å². The monoisotopic (exact) mass is 606 g/mol. The van der Waals surface area contributed by atoms with Crippen LogP contribution in [0.3, 0.4) is 0 Å². The van der Waals surface area contributed by atoms with Crippen LogP contribution in [0.15, 0.2) is 85.5 Å². The Morgan fingerprint density at radius 2 is 1.23 bits per heavy atom. The van der Waals surface area contributed by atoms with Crippen molar-refractivity contribution >= 4 is 64.9 Å². The average molecular weight is 607 g/mol. The number of nitrogens with one attached hydrogen (secondary N) is 1. The molecule has 8 nitrogen and oxygen atoms in total. The number of nitrogens with two attached hydrogens (primary N) is 1. The minimum Gasteiger partial charge on any atom is -0.375 e. The van der Waals surface area contributed by atoms with Crippen LogP contribution in [0.2, 0.25) is 0 Å². The number of hydrogen-bond acceptors (Lipinski definition) is 10. The molecule has 10 heteroatoms. The molecule has 0 spiro atoms. The lowest BCUT2D eigenvalue weighted by Gasteiger charge is -2.21. The smallest absolute Gasteiger partial charge is 0.193 e. The summed E-state index contributed by atoms with van der Waals surface area (Å²) in [4.78, 5) is 41.5. The van der Waals surface area contributed by atoms with Crippen LogP contribution in [-0.4, -0.2) is 38.0 Å². The summed E-state index contributed by atoms with van der Waals surface area (Å²) in [6, 6.07) is 18.0. The molecule has 1 aliphatic carbocycles. The number of rotatable bonds is 7. The molecular formula is C33H30N6O2S2. The normalized spacial score (nSPS) is 13.4. The number of anilines is 2. The van der Waals surface area contributed by atoms with E-state index in [1.54, 1.807) is 66.5 Å². The second kappa shape index (κ2) is 13.2. The molecule has 0 atom stereocenters. The van der Waals surface area contributed by atoms with Crippen molar-refractivity contribution in [2.24, 2.45) is 5.92 Å². The van der Waals surface area contributed by atoms with Gasteiger partial charge in [-0.1, -0.05) is 41.9 Å². The van der Waals surface area contributed by atoms with E-state index in [9.17, 15) is 9.59 Å². The van der Waals surface area contributed by atoms with Crippen molar-refractivity contribution in [3.8, 4) is 0 Å². The summed E-state index contributed by atoms with van der Waals surface area (Å²) in [5, 5.41) is 4.96. The van der Waals surface area contributed by atoms with Crippen LogP contribution in [0, 0.1) is 5.92 Å². The molecule has 1 saturated carbocycles. The first kappa shape index (κ1) is 28.6. The Hall–Kier alpha value is -4.54. The number of hydrogen-bond donors (Lipinski definition) is 2. The van der Waals surface area contributed by atoms with E-state index >= 15 is 0 Å². The van der Waals surface area contributed by atoms with Gasteiger partial charge < -0.3 is 11.1 Å². The zero-order valence-electron chi connectivity index (χ0n) is 23.4. The number of nitrogen functional groups attached to an aromatic ring is 1. The van der Waals surface area contributed by atoms with Crippen molar-refractivity contribution in [1.29, 1.82) is 0 Å². The highest BCUT2D eigenvalue weighted by Crippen LogP contribution is 2.30. The zero-order valence-corrected chi connectivity index (χ0v) is 25.0. The van der Waals surface area contributed by atoms with Crippen LogP contribution < -0.4 is 11.1 Å². The minimum absolute atomic E-state index is 0.0220. The molecule has 4 aromatic heterocycles. The summed E-state index contributed by atoms with van der Waals surface area (Å²) in [7, 11) is 0. The number of benzene rings is 2. The average Bonchev–Trinajstić information content (AvgIpc) is 3.66. The molecule has 4 heterocycles. The molecule has 1 aliphatic rings. The van der Waals surface area contributed by atoms with Crippen molar-refractivity contribution in [2.75, 3.05) is 17.6 Å². The highest BCUT2D eigenvalue weighted by molar-refractivity contribution is 7.22. The second-order valence-electron chi connectivity index (χ2n) is 10.5. The van der Waals surface area contributed by atoms with Crippen molar-refractivity contribution in [1.82, 2.24) is 19.9 Å². The minimum atomic E-state index is -0.0220. The molecule has 6 aromatic rings. The van der Waals surface area contributed by atoms with Crippen molar-refractivity contribution < 1.29 is 9.59 Å². The molecule has 7 rings (SSSR count). The van der Waals surface area contributed by atoms with Crippen LogP contribution in [0.25, 0.3) is 20.4 Å². The van der Waals surface area contributed by atoms with Crippen molar-refractivity contribution in [3.05, 3.63) is 108 Å². The number of aromatic nitrogens is 4. The molecule has 0 amide bonds. The first-order valence-electron chi connectivity index (χ1n) is 14.2. The van der Waals surface area contributed by atoms with Gasteiger partial charge in [-0.2, -0.15) is 0 Å². The molecule has 0 saturated heterocycles. The van der Waals surface area contributed by atoms with Gasteiger partial charge in [-0.05, 0) is 79.4 Å². The molecule has 0 bridgehead atoms. The molecule has 216 valence electrons. The predicted molar refractivity (Wildman–Crippen MR) is 174 cm³/mol. The highest BCUT2D eigenvalue weighted by Gasteiger charge is 2.15. The fourth-order valence-electron chi connectivity index (χ4n) is 5.19. The van der Waals surface area contributed by atoms with Gasteiger partial charge in [0, 0.05) is 53.6 Å². The Balaban J connectivity index is 0.000000162. The fourth-order valence-corrected chi connectivity index (χ4v) is 6.87. The largest absolute Gasteiger partial charge is 0.375 e. The van der Waals surface area contributed by atoms with E-state index in [2.05, 4.69) is 25.3 Å². The number of nitrogens with zero attached hydrogens (tertiary/aromatic N) is 4. The van der Waals surface area contributed by atoms with E-state index in [0.29, 0.717) is 27.4 Å². The summed E-state index contributed by atoms with van der Waals surface area (Å²) in [6.45, 7) is 1.00. The Bertz CT molecular complexity index is 1860. The van der Waals surface area contributed by atoms with Crippen LogP contribution in [-0.2, 0) is 0 Å². The first-order valence-corrected chi connectivity index (χ1v) is 15.9. The van der Waals surface area contributed by atoms with Gasteiger partial charge in [-0.25, -0.2) is 9.97 Å². The van der Waals surface area contributed by atoms with Crippen molar-refractivity contribution in [2.45, 2.75) is 32.1 Å². The maximum absolute atomic E-state index is 12.6. The fraction of sp³-hybridized carbons (Fsp3) is 0.212. The van der Waals surface area contributed by atoms with E-state index in [4.69, 9.17) is 5.73 Å². The van der Waals surface area contributed by atoms with Gasteiger partial charge in [0.25, 0.3) is 0 Å². The molecular weight excluding hydrogens is 577 g/mol. The molecule has 43 heavy (non-hydrogen) atoms. The summed E-state index contributed by atoms with van der Waals surface area (Å²) in [5.41, 5.74) is 10.0.